The maximum atomic E-state index is 5.99. The average molecular weight is 213 g/mol. The fraction of sp³-hybridized carbons (Fsp3) is 0.700. The van der Waals surface area contributed by atoms with Crippen LogP contribution < -0.4 is 5.73 Å². The first-order chi connectivity index (χ1) is 6.70. The fourth-order valence-corrected chi connectivity index (χ4v) is 2.04. The number of nitrogens with two attached hydrogens (primary N) is 1. The smallest absolute Gasteiger partial charge is 0.126 e. The summed E-state index contributed by atoms with van der Waals surface area (Å²) in [5.74, 6) is 3.06. The summed E-state index contributed by atoms with van der Waals surface area (Å²) in [4.78, 5) is 4.48. The lowest BCUT2D eigenvalue weighted by atomic mass is 10.2. The third-order valence-electron chi connectivity index (χ3n) is 2.35. The molecule has 1 aromatic rings. The lowest BCUT2D eigenvalue weighted by molar-refractivity contribution is 0.739. The van der Waals surface area contributed by atoms with Gasteiger partial charge in [-0.1, -0.05) is 0 Å². The van der Waals surface area contributed by atoms with Crippen LogP contribution in [-0.2, 0) is 13.0 Å². The van der Waals surface area contributed by atoms with Crippen LogP contribution in [0.25, 0.3) is 0 Å². The van der Waals surface area contributed by atoms with Gasteiger partial charge in [-0.15, -0.1) is 0 Å². The zero-order valence-electron chi connectivity index (χ0n) is 9.21. The van der Waals surface area contributed by atoms with E-state index in [1.807, 2.05) is 18.7 Å². The van der Waals surface area contributed by atoms with Gasteiger partial charge in [0.05, 0.1) is 5.69 Å². The minimum atomic E-state index is 0.853. The first kappa shape index (κ1) is 11.4. The molecule has 0 amide bonds. The summed E-state index contributed by atoms with van der Waals surface area (Å²) in [6.07, 6.45) is 4.28. The second kappa shape index (κ2) is 5.29. The number of nitrogen functional groups attached to an aromatic ring is 1. The van der Waals surface area contributed by atoms with E-state index in [1.54, 1.807) is 0 Å². The van der Waals surface area contributed by atoms with Crippen molar-refractivity contribution in [2.45, 2.75) is 33.2 Å². The van der Waals surface area contributed by atoms with Gasteiger partial charge in [-0.05, 0) is 38.7 Å². The molecule has 0 saturated carbocycles. The molecule has 2 N–H and O–H groups in total. The normalized spacial score (nSPS) is 10.8. The molecule has 4 heteroatoms. The van der Waals surface area contributed by atoms with Gasteiger partial charge in [0.2, 0.25) is 0 Å². The summed E-state index contributed by atoms with van der Waals surface area (Å²) in [6.45, 7) is 5.02. The molecule has 0 bridgehead atoms. The molecule has 0 unspecified atom stereocenters. The van der Waals surface area contributed by atoms with Crippen molar-refractivity contribution in [3.8, 4) is 0 Å². The zero-order chi connectivity index (χ0) is 10.6. The van der Waals surface area contributed by atoms with Crippen LogP contribution in [0.1, 0.15) is 24.9 Å². The highest BCUT2D eigenvalue weighted by atomic mass is 32.2. The molecule has 1 rings (SSSR count). The number of thioether (sulfide) groups is 1. The Labute approximate surface area is 90.1 Å². The van der Waals surface area contributed by atoms with E-state index >= 15 is 0 Å². The Kier molecular flexibility index (Phi) is 4.32. The van der Waals surface area contributed by atoms with Crippen LogP contribution in [0.2, 0.25) is 0 Å². The van der Waals surface area contributed by atoms with Gasteiger partial charge in [-0.2, -0.15) is 11.8 Å². The van der Waals surface area contributed by atoms with Crippen LogP contribution in [0.5, 0.6) is 0 Å². The number of hydrogen-bond acceptors (Lipinski definition) is 3. The predicted octanol–water partition coefficient (Wildman–Crippen LogP) is 2.09. The van der Waals surface area contributed by atoms with Crippen molar-refractivity contribution in [3.63, 3.8) is 0 Å². The van der Waals surface area contributed by atoms with Gasteiger partial charge in [0.25, 0.3) is 0 Å². The molecule has 0 fully saturated rings. The second-order valence-electron chi connectivity index (χ2n) is 3.33. The largest absolute Gasteiger partial charge is 0.384 e. The van der Waals surface area contributed by atoms with Crippen molar-refractivity contribution >= 4 is 17.6 Å². The summed E-state index contributed by atoms with van der Waals surface area (Å²) in [5.41, 5.74) is 7.06. The minimum absolute atomic E-state index is 0.853. The first-order valence-corrected chi connectivity index (χ1v) is 6.40. The Morgan fingerprint density at radius 1 is 1.50 bits per heavy atom. The summed E-state index contributed by atoms with van der Waals surface area (Å²) in [5, 5.41) is 0. The molecule has 0 aromatic carbocycles. The number of nitrogens with zero attached hydrogens (tertiary/aromatic N) is 2. The van der Waals surface area contributed by atoms with Crippen molar-refractivity contribution in [1.82, 2.24) is 9.55 Å². The van der Waals surface area contributed by atoms with Gasteiger partial charge in [0.1, 0.15) is 11.6 Å². The number of rotatable bonds is 5. The number of imidazole rings is 1. The van der Waals surface area contributed by atoms with E-state index in [-0.39, 0.29) is 0 Å². The topological polar surface area (TPSA) is 43.8 Å². The quantitative estimate of drug-likeness (QED) is 0.762. The van der Waals surface area contributed by atoms with E-state index in [0.717, 1.165) is 36.7 Å². The molecule has 3 nitrogen and oxygen atoms in total. The molecule has 0 aliphatic heterocycles. The molecule has 0 aliphatic carbocycles. The van der Waals surface area contributed by atoms with E-state index in [9.17, 15) is 0 Å². The van der Waals surface area contributed by atoms with E-state index in [1.165, 1.54) is 5.75 Å². The SMILES string of the molecule is CCn1c(C)nc(CCCSC)c1N. The maximum Gasteiger partial charge on any atom is 0.126 e. The first-order valence-electron chi connectivity index (χ1n) is 5.01. The highest BCUT2D eigenvalue weighted by molar-refractivity contribution is 7.98. The number of aryl methyl sites for hydroxylation is 2. The summed E-state index contributed by atoms with van der Waals surface area (Å²) < 4.78 is 2.06. The molecule has 80 valence electrons. The van der Waals surface area contributed by atoms with Crippen molar-refractivity contribution in [2.75, 3.05) is 17.7 Å². The van der Waals surface area contributed by atoms with E-state index in [0.29, 0.717) is 0 Å². The van der Waals surface area contributed by atoms with E-state index < -0.39 is 0 Å². The average Bonchev–Trinajstić information content (AvgIpc) is 2.42. The Bertz CT molecular complexity index is 294. The lowest BCUT2D eigenvalue weighted by Gasteiger charge is -2.02. The Hall–Kier alpha value is -0.640. The number of anilines is 1. The Morgan fingerprint density at radius 2 is 2.21 bits per heavy atom. The molecule has 0 radical (unpaired) electrons. The van der Waals surface area contributed by atoms with Gasteiger partial charge in [0, 0.05) is 6.54 Å². The summed E-state index contributed by atoms with van der Waals surface area (Å²) in [6, 6.07) is 0. The van der Waals surface area contributed by atoms with Gasteiger partial charge in [0.15, 0.2) is 0 Å². The Balaban J connectivity index is 2.68. The van der Waals surface area contributed by atoms with Crippen LogP contribution in [0.15, 0.2) is 0 Å². The predicted molar refractivity (Wildman–Crippen MR) is 63.8 cm³/mol. The van der Waals surface area contributed by atoms with Crippen LogP contribution in [0, 0.1) is 6.92 Å². The molecular formula is C10H19N3S. The van der Waals surface area contributed by atoms with Crippen molar-refractivity contribution in [3.05, 3.63) is 11.5 Å². The highest BCUT2D eigenvalue weighted by Gasteiger charge is 2.09. The molecular weight excluding hydrogens is 194 g/mol. The maximum absolute atomic E-state index is 5.99. The fourth-order valence-electron chi connectivity index (χ4n) is 1.61. The monoisotopic (exact) mass is 213 g/mol. The number of hydrogen-bond donors (Lipinski definition) is 1. The molecule has 0 saturated heterocycles. The zero-order valence-corrected chi connectivity index (χ0v) is 10.0. The van der Waals surface area contributed by atoms with Crippen LogP contribution in [0.4, 0.5) is 5.82 Å². The molecule has 14 heavy (non-hydrogen) atoms. The highest BCUT2D eigenvalue weighted by Crippen LogP contribution is 2.16. The van der Waals surface area contributed by atoms with E-state index in [2.05, 4.69) is 22.7 Å². The summed E-state index contributed by atoms with van der Waals surface area (Å²) >= 11 is 1.87. The third-order valence-corrected chi connectivity index (χ3v) is 3.05. The Morgan fingerprint density at radius 3 is 2.71 bits per heavy atom. The summed E-state index contributed by atoms with van der Waals surface area (Å²) in [7, 11) is 0. The van der Waals surface area contributed by atoms with Crippen LogP contribution in [-0.4, -0.2) is 21.6 Å². The standard InChI is InChI=1S/C10H19N3S/c1-4-13-8(2)12-9(10(13)11)6-5-7-14-3/h4-7,11H2,1-3H3. The van der Waals surface area contributed by atoms with Gasteiger partial charge < -0.3 is 10.3 Å². The second-order valence-corrected chi connectivity index (χ2v) is 4.32. The molecule has 0 spiro atoms. The minimum Gasteiger partial charge on any atom is -0.384 e. The van der Waals surface area contributed by atoms with Crippen LogP contribution >= 0.6 is 11.8 Å². The van der Waals surface area contributed by atoms with Crippen molar-refractivity contribution in [2.24, 2.45) is 0 Å². The lowest BCUT2D eigenvalue weighted by Crippen LogP contribution is -2.03. The van der Waals surface area contributed by atoms with Crippen molar-refractivity contribution < 1.29 is 0 Å². The van der Waals surface area contributed by atoms with Gasteiger partial charge in [-0.3, -0.25) is 0 Å². The molecule has 0 aliphatic rings. The van der Waals surface area contributed by atoms with Gasteiger partial charge in [-0.25, -0.2) is 4.98 Å². The molecule has 1 heterocycles. The van der Waals surface area contributed by atoms with Gasteiger partial charge >= 0.3 is 0 Å². The molecule has 0 atom stereocenters. The number of aromatic nitrogens is 2. The molecule has 1 aromatic heterocycles. The van der Waals surface area contributed by atoms with Crippen molar-refractivity contribution in [1.29, 1.82) is 0 Å². The third kappa shape index (κ3) is 2.44. The van der Waals surface area contributed by atoms with E-state index in [4.69, 9.17) is 5.73 Å². The van der Waals surface area contributed by atoms with Crippen LogP contribution in [0.3, 0.4) is 0 Å².